The Balaban J connectivity index is 4.28. The van der Waals surface area contributed by atoms with Crippen LogP contribution in [0.1, 0.15) is 85.5 Å². The number of carbonyl (C=O) groups excluding carboxylic acids is 1. The molecule has 2 nitrogen and oxygen atoms in total. The van der Waals surface area contributed by atoms with Crippen molar-refractivity contribution in [2.24, 2.45) is 11.8 Å². The molecule has 0 heterocycles. The van der Waals surface area contributed by atoms with E-state index in [4.69, 9.17) is 4.74 Å². The standard InChI is InChI=1S/C19H36O2/c1-6-9-13-17(7-2)15-18(21-19(20)8-3)14-11-10-12-16(4)5/h8,16-18H,3,6-7,9-15H2,1-2,4-5H3. The van der Waals surface area contributed by atoms with Crippen molar-refractivity contribution in [3.05, 3.63) is 12.7 Å². The Labute approximate surface area is 132 Å². The third kappa shape index (κ3) is 11.5. The van der Waals surface area contributed by atoms with Crippen LogP contribution in [0, 0.1) is 11.8 Å². The molecule has 0 spiro atoms. The van der Waals surface area contributed by atoms with Crippen LogP contribution < -0.4 is 0 Å². The van der Waals surface area contributed by atoms with Gasteiger partial charge in [-0.25, -0.2) is 4.79 Å². The molecule has 0 aromatic heterocycles. The normalized spacial score (nSPS) is 14.0. The number of ether oxygens (including phenoxy) is 1. The first-order valence-corrected chi connectivity index (χ1v) is 8.86. The lowest BCUT2D eigenvalue weighted by atomic mass is 9.91. The van der Waals surface area contributed by atoms with Crippen molar-refractivity contribution in [2.45, 2.75) is 91.6 Å². The van der Waals surface area contributed by atoms with Crippen LogP contribution in [-0.2, 0) is 9.53 Å². The highest BCUT2D eigenvalue weighted by Crippen LogP contribution is 2.23. The van der Waals surface area contributed by atoms with Gasteiger partial charge in [-0.3, -0.25) is 0 Å². The smallest absolute Gasteiger partial charge is 0.330 e. The van der Waals surface area contributed by atoms with Crippen molar-refractivity contribution in [2.75, 3.05) is 0 Å². The maximum absolute atomic E-state index is 11.5. The van der Waals surface area contributed by atoms with Crippen molar-refractivity contribution < 1.29 is 9.53 Å². The Hall–Kier alpha value is -0.790. The van der Waals surface area contributed by atoms with E-state index in [1.165, 1.54) is 44.6 Å². The second-order valence-electron chi connectivity index (χ2n) is 6.59. The van der Waals surface area contributed by atoms with E-state index in [0.717, 1.165) is 25.2 Å². The summed E-state index contributed by atoms with van der Waals surface area (Å²) in [5, 5.41) is 0. The van der Waals surface area contributed by atoms with E-state index in [9.17, 15) is 4.79 Å². The van der Waals surface area contributed by atoms with Gasteiger partial charge in [-0.05, 0) is 31.1 Å². The summed E-state index contributed by atoms with van der Waals surface area (Å²) in [5.74, 6) is 1.17. The van der Waals surface area contributed by atoms with Crippen LogP contribution in [0.3, 0.4) is 0 Å². The highest BCUT2D eigenvalue weighted by Gasteiger charge is 2.18. The SMILES string of the molecule is C=CC(=O)OC(CCCCC(C)C)CC(CC)CCCC. The molecule has 0 aliphatic heterocycles. The Kier molecular flexibility index (Phi) is 12.4. The zero-order valence-corrected chi connectivity index (χ0v) is 14.7. The summed E-state index contributed by atoms with van der Waals surface area (Å²) in [4.78, 5) is 11.5. The van der Waals surface area contributed by atoms with Crippen LogP contribution in [0.25, 0.3) is 0 Å². The number of esters is 1. The molecular weight excluding hydrogens is 260 g/mol. The first-order valence-electron chi connectivity index (χ1n) is 8.86. The molecule has 0 saturated heterocycles. The van der Waals surface area contributed by atoms with Gasteiger partial charge in [-0.15, -0.1) is 0 Å². The van der Waals surface area contributed by atoms with Gasteiger partial charge in [0.15, 0.2) is 0 Å². The molecule has 2 heteroatoms. The number of hydrogen-bond donors (Lipinski definition) is 0. The van der Waals surface area contributed by atoms with Crippen molar-refractivity contribution in [3.8, 4) is 0 Å². The van der Waals surface area contributed by atoms with Crippen LogP contribution in [-0.4, -0.2) is 12.1 Å². The first-order chi connectivity index (χ1) is 10.0. The molecule has 2 unspecified atom stereocenters. The Morgan fingerprint density at radius 3 is 2.29 bits per heavy atom. The van der Waals surface area contributed by atoms with Crippen molar-refractivity contribution in [1.29, 1.82) is 0 Å². The van der Waals surface area contributed by atoms with Crippen LogP contribution >= 0.6 is 0 Å². The molecule has 0 fully saturated rings. The van der Waals surface area contributed by atoms with E-state index < -0.39 is 0 Å². The molecule has 0 aromatic carbocycles. The molecule has 0 radical (unpaired) electrons. The summed E-state index contributed by atoms with van der Waals surface area (Å²) in [7, 11) is 0. The molecule has 0 rings (SSSR count). The number of rotatable bonds is 13. The topological polar surface area (TPSA) is 26.3 Å². The fourth-order valence-corrected chi connectivity index (χ4v) is 2.72. The third-order valence-electron chi connectivity index (χ3n) is 4.15. The van der Waals surface area contributed by atoms with Crippen LogP contribution in [0.2, 0.25) is 0 Å². The molecule has 124 valence electrons. The van der Waals surface area contributed by atoms with Gasteiger partial charge in [0.2, 0.25) is 0 Å². The van der Waals surface area contributed by atoms with E-state index >= 15 is 0 Å². The fraction of sp³-hybridized carbons (Fsp3) is 0.842. The zero-order chi connectivity index (χ0) is 16.1. The minimum absolute atomic E-state index is 0.0736. The van der Waals surface area contributed by atoms with E-state index in [1.807, 2.05) is 0 Å². The molecule has 0 aromatic rings. The Morgan fingerprint density at radius 1 is 1.10 bits per heavy atom. The average Bonchev–Trinajstić information content (AvgIpc) is 2.46. The second kappa shape index (κ2) is 12.9. The van der Waals surface area contributed by atoms with Gasteiger partial charge in [0.25, 0.3) is 0 Å². The number of unbranched alkanes of at least 4 members (excludes halogenated alkanes) is 2. The van der Waals surface area contributed by atoms with Crippen LogP contribution in [0.4, 0.5) is 0 Å². The molecule has 2 atom stereocenters. The molecule has 0 aliphatic carbocycles. The van der Waals surface area contributed by atoms with Gasteiger partial charge in [0.05, 0.1) is 0 Å². The van der Waals surface area contributed by atoms with Crippen molar-refractivity contribution in [3.63, 3.8) is 0 Å². The predicted molar refractivity (Wildman–Crippen MR) is 91.3 cm³/mol. The van der Waals surface area contributed by atoms with E-state index in [2.05, 4.69) is 34.3 Å². The van der Waals surface area contributed by atoms with Gasteiger partial charge in [-0.2, -0.15) is 0 Å². The van der Waals surface area contributed by atoms with Gasteiger partial charge in [0, 0.05) is 6.08 Å². The van der Waals surface area contributed by atoms with Gasteiger partial charge >= 0.3 is 5.97 Å². The average molecular weight is 296 g/mol. The molecular formula is C19H36O2. The first kappa shape index (κ1) is 20.2. The quantitative estimate of drug-likeness (QED) is 0.240. The lowest BCUT2D eigenvalue weighted by Crippen LogP contribution is -2.20. The van der Waals surface area contributed by atoms with E-state index in [-0.39, 0.29) is 12.1 Å². The van der Waals surface area contributed by atoms with Gasteiger partial charge < -0.3 is 4.74 Å². The Bertz CT molecular complexity index is 271. The minimum Gasteiger partial charge on any atom is -0.459 e. The summed E-state index contributed by atoms with van der Waals surface area (Å²) in [6.45, 7) is 12.5. The molecule has 0 N–H and O–H groups in total. The van der Waals surface area contributed by atoms with E-state index in [1.54, 1.807) is 0 Å². The molecule has 0 amide bonds. The molecule has 0 saturated carbocycles. The van der Waals surface area contributed by atoms with Crippen LogP contribution in [0.5, 0.6) is 0 Å². The van der Waals surface area contributed by atoms with Crippen molar-refractivity contribution in [1.82, 2.24) is 0 Å². The largest absolute Gasteiger partial charge is 0.459 e. The summed E-state index contributed by atoms with van der Waals surface area (Å²) in [6, 6.07) is 0. The van der Waals surface area contributed by atoms with Gasteiger partial charge in [-0.1, -0.05) is 72.8 Å². The summed E-state index contributed by atoms with van der Waals surface area (Å²) < 4.78 is 5.56. The maximum Gasteiger partial charge on any atom is 0.330 e. The second-order valence-corrected chi connectivity index (χ2v) is 6.59. The highest BCUT2D eigenvalue weighted by molar-refractivity contribution is 5.81. The summed E-state index contributed by atoms with van der Waals surface area (Å²) in [5.41, 5.74) is 0. The predicted octanol–water partition coefficient (Wildman–Crippen LogP) is 5.91. The van der Waals surface area contributed by atoms with Gasteiger partial charge in [0.1, 0.15) is 6.10 Å². The third-order valence-corrected chi connectivity index (χ3v) is 4.15. The number of carbonyl (C=O) groups is 1. The monoisotopic (exact) mass is 296 g/mol. The highest BCUT2D eigenvalue weighted by atomic mass is 16.5. The molecule has 0 bridgehead atoms. The Morgan fingerprint density at radius 2 is 1.76 bits per heavy atom. The zero-order valence-electron chi connectivity index (χ0n) is 14.7. The lowest BCUT2D eigenvalue weighted by molar-refractivity contribution is -0.144. The molecule has 21 heavy (non-hydrogen) atoms. The summed E-state index contributed by atoms with van der Waals surface area (Å²) in [6.07, 6.45) is 11.9. The summed E-state index contributed by atoms with van der Waals surface area (Å²) >= 11 is 0. The molecule has 0 aliphatic rings. The maximum atomic E-state index is 11.5. The lowest BCUT2D eigenvalue weighted by Gasteiger charge is -2.23. The van der Waals surface area contributed by atoms with Crippen LogP contribution in [0.15, 0.2) is 12.7 Å². The number of hydrogen-bond acceptors (Lipinski definition) is 2. The van der Waals surface area contributed by atoms with E-state index in [0.29, 0.717) is 5.92 Å². The van der Waals surface area contributed by atoms with Crippen molar-refractivity contribution >= 4 is 5.97 Å². The fourth-order valence-electron chi connectivity index (χ4n) is 2.72. The minimum atomic E-state index is -0.269.